The zero-order valence-corrected chi connectivity index (χ0v) is 15.2. The summed E-state index contributed by atoms with van der Waals surface area (Å²) in [6, 6.07) is 15.2. The minimum Gasteiger partial charge on any atom is -0.497 e. The number of hydrogen-bond acceptors (Lipinski definition) is 4. The third-order valence-electron chi connectivity index (χ3n) is 3.49. The van der Waals surface area contributed by atoms with E-state index in [4.69, 9.17) is 32.2 Å². The maximum Gasteiger partial charge on any atom is 0.168 e. The van der Waals surface area contributed by atoms with Crippen LogP contribution in [-0.4, -0.2) is 25.4 Å². The summed E-state index contributed by atoms with van der Waals surface area (Å²) in [5, 5.41) is 3.14. The van der Waals surface area contributed by atoms with Gasteiger partial charge in [0.1, 0.15) is 17.2 Å². The molecule has 0 saturated carbocycles. The molecule has 2 aromatic carbocycles. The standard InChI is InChI=1S/C19H24N2O3S/c1-22-16-8-10-17(11-9-16)23-12-3-2-4-13-24-18-7-5-6-15(14-18)21-19(20)25/h5-11,14H,2-4,12-13H2,1H3,(H3,20,21,25). The van der Waals surface area contributed by atoms with Gasteiger partial charge in [-0.1, -0.05) is 6.07 Å². The van der Waals surface area contributed by atoms with Crippen molar-refractivity contribution < 1.29 is 14.2 Å². The van der Waals surface area contributed by atoms with E-state index in [-0.39, 0.29) is 5.11 Å². The second kappa shape index (κ2) is 10.4. The van der Waals surface area contributed by atoms with Crippen molar-refractivity contribution >= 4 is 23.0 Å². The van der Waals surface area contributed by atoms with Gasteiger partial charge in [0.25, 0.3) is 0 Å². The minimum atomic E-state index is 0.244. The molecule has 0 atom stereocenters. The topological polar surface area (TPSA) is 65.7 Å². The van der Waals surface area contributed by atoms with Crippen LogP contribution in [0, 0.1) is 0 Å². The lowest BCUT2D eigenvalue weighted by atomic mass is 10.2. The quantitative estimate of drug-likeness (QED) is 0.493. The van der Waals surface area contributed by atoms with Crippen molar-refractivity contribution in [3.63, 3.8) is 0 Å². The summed E-state index contributed by atoms with van der Waals surface area (Å²) in [6.07, 6.45) is 3.00. The van der Waals surface area contributed by atoms with Crippen molar-refractivity contribution in [1.82, 2.24) is 0 Å². The molecular formula is C19H24N2O3S. The first-order valence-electron chi connectivity index (χ1n) is 8.23. The number of thiocarbonyl (C=S) groups is 1. The monoisotopic (exact) mass is 360 g/mol. The van der Waals surface area contributed by atoms with E-state index in [0.717, 1.165) is 42.2 Å². The fourth-order valence-corrected chi connectivity index (χ4v) is 2.36. The largest absolute Gasteiger partial charge is 0.497 e. The van der Waals surface area contributed by atoms with Crippen molar-refractivity contribution in [1.29, 1.82) is 0 Å². The van der Waals surface area contributed by atoms with E-state index >= 15 is 0 Å². The Balaban J connectivity index is 1.58. The molecule has 0 radical (unpaired) electrons. The van der Waals surface area contributed by atoms with Crippen LogP contribution in [0.25, 0.3) is 0 Å². The van der Waals surface area contributed by atoms with Crippen molar-refractivity contribution in [2.24, 2.45) is 5.73 Å². The molecule has 2 rings (SSSR count). The van der Waals surface area contributed by atoms with Gasteiger partial charge in [-0.05, 0) is 67.9 Å². The van der Waals surface area contributed by atoms with Gasteiger partial charge >= 0.3 is 0 Å². The predicted octanol–water partition coefficient (Wildman–Crippen LogP) is 3.98. The zero-order valence-electron chi connectivity index (χ0n) is 14.4. The summed E-state index contributed by atoms with van der Waals surface area (Å²) in [7, 11) is 1.65. The molecule has 5 nitrogen and oxygen atoms in total. The van der Waals surface area contributed by atoms with Gasteiger partial charge in [-0.15, -0.1) is 0 Å². The molecule has 0 fully saturated rings. The third-order valence-corrected chi connectivity index (χ3v) is 3.59. The second-order valence-corrected chi connectivity index (χ2v) is 5.89. The van der Waals surface area contributed by atoms with Crippen molar-refractivity contribution in [3.8, 4) is 17.2 Å². The summed E-state index contributed by atoms with van der Waals surface area (Å²) in [5.74, 6) is 2.49. The fraction of sp³-hybridized carbons (Fsp3) is 0.316. The Labute approximate surface area is 154 Å². The number of unbranched alkanes of at least 4 members (excludes halogenated alkanes) is 2. The number of ether oxygens (including phenoxy) is 3. The van der Waals surface area contributed by atoms with E-state index in [1.165, 1.54) is 0 Å². The van der Waals surface area contributed by atoms with Crippen LogP contribution >= 0.6 is 12.2 Å². The Hall–Kier alpha value is -2.47. The smallest absolute Gasteiger partial charge is 0.168 e. The normalized spacial score (nSPS) is 10.1. The maximum absolute atomic E-state index is 5.74. The molecule has 2 aromatic rings. The first-order chi connectivity index (χ1) is 12.2. The first kappa shape index (κ1) is 18.9. The number of nitrogens with one attached hydrogen (secondary N) is 1. The van der Waals surface area contributed by atoms with E-state index in [1.807, 2.05) is 48.5 Å². The van der Waals surface area contributed by atoms with Gasteiger partial charge in [-0.25, -0.2) is 0 Å². The highest BCUT2D eigenvalue weighted by Gasteiger charge is 1.99. The molecule has 0 saturated heterocycles. The van der Waals surface area contributed by atoms with Crippen LogP contribution in [0.15, 0.2) is 48.5 Å². The van der Waals surface area contributed by atoms with E-state index in [2.05, 4.69) is 5.32 Å². The Morgan fingerprint density at radius 3 is 2.20 bits per heavy atom. The Morgan fingerprint density at radius 2 is 1.56 bits per heavy atom. The van der Waals surface area contributed by atoms with E-state index in [0.29, 0.717) is 13.2 Å². The van der Waals surface area contributed by atoms with Crippen LogP contribution < -0.4 is 25.3 Å². The maximum atomic E-state index is 5.74. The van der Waals surface area contributed by atoms with Crippen molar-refractivity contribution in [3.05, 3.63) is 48.5 Å². The van der Waals surface area contributed by atoms with Gasteiger partial charge in [0.15, 0.2) is 5.11 Å². The molecule has 6 heteroatoms. The van der Waals surface area contributed by atoms with Gasteiger partial charge in [-0.2, -0.15) is 0 Å². The van der Waals surface area contributed by atoms with Crippen molar-refractivity contribution in [2.75, 3.05) is 25.6 Å². The van der Waals surface area contributed by atoms with Gasteiger partial charge in [0, 0.05) is 11.8 Å². The lowest BCUT2D eigenvalue weighted by Crippen LogP contribution is -2.18. The third kappa shape index (κ3) is 7.30. The van der Waals surface area contributed by atoms with E-state index < -0.39 is 0 Å². The van der Waals surface area contributed by atoms with Crippen LogP contribution in [0.5, 0.6) is 17.2 Å². The molecule has 0 spiro atoms. The average Bonchev–Trinajstić information content (AvgIpc) is 2.61. The van der Waals surface area contributed by atoms with Crippen LogP contribution in [-0.2, 0) is 0 Å². The highest BCUT2D eigenvalue weighted by molar-refractivity contribution is 7.80. The molecule has 0 unspecified atom stereocenters. The molecule has 0 bridgehead atoms. The highest BCUT2D eigenvalue weighted by atomic mass is 32.1. The lowest BCUT2D eigenvalue weighted by Gasteiger charge is -2.09. The molecule has 0 aromatic heterocycles. The SMILES string of the molecule is COc1ccc(OCCCCCOc2cccc(NC(N)=S)c2)cc1. The number of nitrogens with two attached hydrogens (primary N) is 1. The molecule has 0 aliphatic carbocycles. The van der Waals surface area contributed by atoms with Crippen molar-refractivity contribution in [2.45, 2.75) is 19.3 Å². The molecule has 3 N–H and O–H groups in total. The van der Waals surface area contributed by atoms with Gasteiger partial charge in [-0.3, -0.25) is 0 Å². The van der Waals surface area contributed by atoms with Crippen LogP contribution in [0.3, 0.4) is 0 Å². The minimum absolute atomic E-state index is 0.244. The first-order valence-corrected chi connectivity index (χ1v) is 8.64. The van der Waals surface area contributed by atoms with Gasteiger partial charge in [0.2, 0.25) is 0 Å². The molecule has 0 amide bonds. The summed E-state index contributed by atoms with van der Waals surface area (Å²) in [4.78, 5) is 0. The molecule has 25 heavy (non-hydrogen) atoms. The number of benzene rings is 2. The highest BCUT2D eigenvalue weighted by Crippen LogP contribution is 2.18. The Kier molecular flexibility index (Phi) is 7.85. The summed E-state index contributed by atoms with van der Waals surface area (Å²) >= 11 is 4.82. The number of anilines is 1. The number of rotatable bonds is 10. The van der Waals surface area contributed by atoms with Crippen LogP contribution in [0.1, 0.15) is 19.3 Å². The van der Waals surface area contributed by atoms with Crippen LogP contribution in [0.4, 0.5) is 5.69 Å². The van der Waals surface area contributed by atoms with Crippen LogP contribution in [0.2, 0.25) is 0 Å². The van der Waals surface area contributed by atoms with E-state index in [9.17, 15) is 0 Å². The Bertz CT molecular complexity index is 662. The molecular weight excluding hydrogens is 336 g/mol. The van der Waals surface area contributed by atoms with Gasteiger partial charge < -0.3 is 25.3 Å². The lowest BCUT2D eigenvalue weighted by molar-refractivity contribution is 0.279. The summed E-state index contributed by atoms with van der Waals surface area (Å²) < 4.78 is 16.5. The second-order valence-electron chi connectivity index (χ2n) is 5.45. The predicted molar refractivity (Wildman–Crippen MR) is 105 cm³/mol. The van der Waals surface area contributed by atoms with E-state index in [1.54, 1.807) is 7.11 Å². The molecule has 0 heterocycles. The Morgan fingerprint density at radius 1 is 0.920 bits per heavy atom. The number of hydrogen-bond donors (Lipinski definition) is 2. The van der Waals surface area contributed by atoms with Gasteiger partial charge in [0.05, 0.1) is 20.3 Å². The molecule has 0 aliphatic heterocycles. The molecule has 134 valence electrons. The fourth-order valence-electron chi connectivity index (χ4n) is 2.24. The zero-order chi connectivity index (χ0) is 17.9. The summed E-state index contributed by atoms with van der Waals surface area (Å²) in [5.41, 5.74) is 6.29. The molecule has 0 aliphatic rings. The average molecular weight is 360 g/mol. The summed E-state index contributed by atoms with van der Waals surface area (Å²) in [6.45, 7) is 1.36. The number of methoxy groups -OCH3 is 1.